The van der Waals surface area contributed by atoms with Gasteiger partial charge in [-0.15, -0.1) is 0 Å². The largest absolute Gasteiger partial charge is 0.497 e. The second-order valence-electron chi connectivity index (χ2n) is 4.86. The van der Waals surface area contributed by atoms with Crippen molar-refractivity contribution in [2.45, 2.75) is 33.6 Å². The summed E-state index contributed by atoms with van der Waals surface area (Å²) in [5, 5.41) is 9.52. The van der Waals surface area contributed by atoms with Gasteiger partial charge >= 0.3 is 0 Å². The van der Waals surface area contributed by atoms with E-state index in [2.05, 4.69) is 42.3 Å². The number of aryl methyl sites for hydroxylation is 1. The highest BCUT2D eigenvalue weighted by atomic mass is 16.5. The van der Waals surface area contributed by atoms with E-state index >= 15 is 0 Å². The molecule has 1 aromatic heterocycles. The van der Waals surface area contributed by atoms with Crippen molar-refractivity contribution in [2.75, 3.05) is 6.61 Å². The van der Waals surface area contributed by atoms with Crippen molar-refractivity contribution in [3.63, 3.8) is 0 Å². The van der Waals surface area contributed by atoms with E-state index in [1.54, 1.807) is 0 Å². The first-order valence-electron chi connectivity index (χ1n) is 6.22. The summed E-state index contributed by atoms with van der Waals surface area (Å²) < 4.78 is 5.95. The molecule has 0 radical (unpaired) electrons. The number of hydrogen-bond acceptors (Lipinski definition) is 2. The molecule has 0 aromatic carbocycles. The molecule has 0 amide bonds. The van der Waals surface area contributed by atoms with Gasteiger partial charge in [-0.2, -0.15) is 5.10 Å². The lowest BCUT2D eigenvalue weighted by atomic mass is 10.1. The van der Waals surface area contributed by atoms with Gasteiger partial charge in [0, 0.05) is 6.42 Å². The number of H-pyrrole nitrogens is 1. The number of aromatic nitrogens is 2. The van der Waals surface area contributed by atoms with Crippen molar-refractivity contribution < 1.29 is 4.74 Å². The highest BCUT2D eigenvalue weighted by molar-refractivity contribution is 5.45. The van der Waals surface area contributed by atoms with Crippen LogP contribution in [0.15, 0.2) is 12.2 Å². The standard InChI is InChI=1S/C14H20N2O/c1-10(2)9-17-13-8-6-4-5-7-12-14(13)11(3)15-16-12/h4-5,7,10,16H,6,8-9H2,1-3H3. The minimum absolute atomic E-state index is 0.545. The third kappa shape index (κ3) is 2.78. The van der Waals surface area contributed by atoms with Crippen LogP contribution in [0.5, 0.6) is 0 Å². The fourth-order valence-electron chi connectivity index (χ4n) is 1.93. The molecule has 0 spiro atoms. The van der Waals surface area contributed by atoms with E-state index in [4.69, 9.17) is 4.74 Å². The smallest absolute Gasteiger partial charge is 0.108 e. The number of ether oxygens (including phenoxy) is 1. The Morgan fingerprint density at radius 2 is 2.29 bits per heavy atom. The first-order valence-corrected chi connectivity index (χ1v) is 6.22. The number of rotatable bonds is 3. The molecule has 1 heterocycles. The molecule has 0 saturated carbocycles. The molecule has 0 atom stereocenters. The van der Waals surface area contributed by atoms with Gasteiger partial charge in [0.15, 0.2) is 0 Å². The van der Waals surface area contributed by atoms with E-state index < -0.39 is 0 Å². The topological polar surface area (TPSA) is 37.9 Å². The van der Waals surface area contributed by atoms with Gasteiger partial charge in [0.2, 0.25) is 0 Å². The van der Waals surface area contributed by atoms with E-state index in [-0.39, 0.29) is 0 Å². The average Bonchev–Trinajstić information content (AvgIpc) is 2.59. The van der Waals surface area contributed by atoms with Crippen LogP contribution in [0.1, 0.15) is 32.4 Å². The SMILES string of the molecule is Cc1n[nH]c2c1=C(OCC(C)C)CCC=CC=2. The monoisotopic (exact) mass is 232 g/mol. The Labute approximate surface area is 102 Å². The summed E-state index contributed by atoms with van der Waals surface area (Å²) in [7, 11) is 0. The fraction of sp³-hybridized carbons (Fsp3) is 0.500. The molecule has 1 aliphatic carbocycles. The first kappa shape index (κ1) is 12.0. The quantitative estimate of drug-likeness (QED) is 0.860. The summed E-state index contributed by atoms with van der Waals surface area (Å²) in [4.78, 5) is 0. The number of hydrogen-bond donors (Lipinski definition) is 1. The van der Waals surface area contributed by atoms with Crippen molar-refractivity contribution >= 4 is 11.8 Å². The molecule has 0 unspecified atom stereocenters. The molecule has 0 saturated heterocycles. The third-order valence-corrected chi connectivity index (χ3v) is 2.78. The lowest BCUT2D eigenvalue weighted by Crippen LogP contribution is -2.28. The Hall–Kier alpha value is -1.51. The number of nitrogens with one attached hydrogen (secondary N) is 1. The van der Waals surface area contributed by atoms with E-state index in [1.165, 1.54) is 0 Å². The second-order valence-corrected chi connectivity index (χ2v) is 4.86. The van der Waals surface area contributed by atoms with E-state index in [1.807, 2.05) is 6.92 Å². The van der Waals surface area contributed by atoms with Crippen molar-refractivity contribution in [1.29, 1.82) is 0 Å². The highest BCUT2D eigenvalue weighted by Crippen LogP contribution is 2.10. The lowest BCUT2D eigenvalue weighted by molar-refractivity contribution is 0.222. The van der Waals surface area contributed by atoms with Gasteiger partial charge in [-0.3, -0.25) is 5.10 Å². The van der Waals surface area contributed by atoms with Crippen LogP contribution in [0.25, 0.3) is 11.8 Å². The molecule has 1 N–H and O–H groups in total. The van der Waals surface area contributed by atoms with Crippen LogP contribution < -0.4 is 10.6 Å². The van der Waals surface area contributed by atoms with Crippen LogP contribution in [0.4, 0.5) is 0 Å². The number of aromatic amines is 1. The predicted molar refractivity (Wildman–Crippen MR) is 69.6 cm³/mol. The number of fused-ring (bicyclic) bond motifs is 1. The molecule has 3 nitrogen and oxygen atoms in total. The molecule has 3 heteroatoms. The third-order valence-electron chi connectivity index (χ3n) is 2.78. The Bertz CT molecular complexity index is 523. The summed E-state index contributed by atoms with van der Waals surface area (Å²) in [6.45, 7) is 7.12. The molecular formula is C14H20N2O. The van der Waals surface area contributed by atoms with Crippen LogP contribution in [0, 0.1) is 12.8 Å². The average molecular weight is 232 g/mol. The summed E-state index contributed by atoms with van der Waals surface area (Å²) in [6.07, 6.45) is 8.28. The molecule has 1 aliphatic rings. The van der Waals surface area contributed by atoms with Gasteiger partial charge in [0.25, 0.3) is 0 Å². The van der Waals surface area contributed by atoms with Crippen LogP contribution in [-0.2, 0) is 4.74 Å². The number of allylic oxidation sites excluding steroid dienone is 2. The summed E-state index contributed by atoms with van der Waals surface area (Å²) in [5.74, 6) is 1.61. The van der Waals surface area contributed by atoms with E-state index in [9.17, 15) is 0 Å². The van der Waals surface area contributed by atoms with Gasteiger partial charge < -0.3 is 4.74 Å². The normalized spacial score (nSPS) is 15.2. The van der Waals surface area contributed by atoms with E-state index in [0.29, 0.717) is 5.92 Å². The highest BCUT2D eigenvalue weighted by Gasteiger charge is 2.08. The molecule has 0 fully saturated rings. The molecule has 17 heavy (non-hydrogen) atoms. The summed E-state index contributed by atoms with van der Waals surface area (Å²) in [6, 6.07) is 0. The van der Waals surface area contributed by atoms with Gasteiger partial charge in [-0.1, -0.05) is 26.0 Å². The lowest BCUT2D eigenvalue weighted by Gasteiger charge is -2.12. The van der Waals surface area contributed by atoms with Gasteiger partial charge in [0.1, 0.15) is 5.76 Å². The number of nitrogens with zero attached hydrogens (tertiary/aromatic N) is 1. The first-order chi connectivity index (χ1) is 8.18. The van der Waals surface area contributed by atoms with Gasteiger partial charge in [-0.05, 0) is 25.3 Å². The zero-order valence-corrected chi connectivity index (χ0v) is 10.8. The summed E-state index contributed by atoms with van der Waals surface area (Å²) >= 11 is 0. The maximum atomic E-state index is 5.95. The Morgan fingerprint density at radius 3 is 3.06 bits per heavy atom. The molecule has 2 rings (SSSR count). The Kier molecular flexibility index (Phi) is 3.67. The van der Waals surface area contributed by atoms with Crippen LogP contribution in [-0.4, -0.2) is 16.8 Å². The maximum absolute atomic E-state index is 5.95. The molecular weight excluding hydrogens is 212 g/mol. The zero-order chi connectivity index (χ0) is 12.3. The molecule has 1 aromatic rings. The van der Waals surface area contributed by atoms with E-state index in [0.717, 1.165) is 41.5 Å². The van der Waals surface area contributed by atoms with Gasteiger partial charge in [-0.25, -0.2) is 0 Å². The fourth-order valence-corrected chi connectivity index (χ4v) is 1.93. The van der Waals surface area contributed by atoms with Crippen molar-refractivity contribution in [1.82, 2.24) is 10.2 Å². The minimum atomic E-state index is 0.545. The van der Waals surface area contributed by atoms with Crippen LogP contribution >= 0.6 is 0 Å². The Balaban J connectivity index is 2.47. The maximum Gasteiger partial charge on any atom is 0.108 e. The Morgan fingerprint density at radius 1 is 1.47 bits per heavy atom. The van der Waals surface area contributed by atoms with Crippen molar-refractivity contribution in [2.24, 2.45) is 5.92 Å². The zero-order valence-electron chi connectivity index (χ0n) is 10.8. The second kappa shape index (κ2) is 5.21. The summed E-state index contributed by atoms with van der Waals surface area (Å²) in [5.41, 5.74) is 1.02. The van der Waals surface area contributed by atoms with Crippen molar-refractivity contribution in [3.8, 4) is 0 Å². The van der Waals surface area contributed by atoms with Crippen LogP contribution in [0.3, 0.4) is 0 Å². The molecule has 0 bridgehead atoms. The minimum Gasteiger partial charge on any atom is -0.497 e. The molecule has 0 aliphatic heterocycles. The van der Waals surface area contributed by atoms with Crippen LogP contribution in [0.2, 0.25) is 0 Å². The predicted octanol–water partition coefficient (Wildman–Crippen LogP) is 1.63. The van der Waals surface area contributed by atoms with Crippen molar-refractivity contribution in [3.05, 3.63) is 28.4 Å². The van der Waals surface area contributed by atoms with Gasteiger partial charge in [0.05, 0.1) is 22.9 Å². The molecule has 92 valence electrons.